The molecule has 2 unspecified atom stereocenters. The summed E-state index contributed by atoms with van der Waals surface area (Å²) >= 11 is 0. The highest BCUT2D eigenvalue weighted by molar-refractivity contribution is 7.92. The fourth-order valence-electron chi connectivity index (χ4n) is 2.32. The molecular weight excluding hydrogens is 238 g/mol. The number of aliphatic hydroxyl groups excluding tert-OH is 1. The van der Waals surface area contributed by atoms with Crippen LogP contribution in [0.1, 0.15) is 40.0 Å². The third kappa shape index (κ3) is 4.23. The summed E-state index contributed by atoms with van der Waals surface area (Å²) in [5.41, 5.74) is 0. The molecule has 0 amide bonds. The lowest BCUT2D eigenvalue weighted by atomic mass is 9.98. The Morgan fingerprint density at radius 2 is 1.94 bits per heavy atom. The minimum absolute atomic E-state index is 0.131. The van der Waals surface area contributed by atoms with Gasteiger partial charge in [0.15, 0.2) is 9.84 Å². The van der Waals surface area contributed by atoms with Crippen molar-refractivity contribution in [3.63, 3.8) is 0 Å². The second-order valence-electron chi connectivity index (χ2n) is 5.26. The van der Waals surface area contributed by atoms with Crippen LogP contribution in [0, 0.1) is 0 Å². The summed E-state index contributed by atoms with van der Waals surface area (Å²) in [6, 6.07) is 0.131. The molecule has 4 nitrogen and oxygen atoms in total. The number of rotatable bonds is 5. The first-order valence-corrected chi connectivity index (χ1v) is 8.20. The zero-order valence-electron chi connectivity index (χ0n) is 11.1. The quantitative estimate of drug-likeness (QED) is 0.805. The maximum Gasteiger partial charge on any atom is 0.153 e. The fraction of sp³-hybridized carbons (Fsp3) is 1.00. The SMILES string of the molecule is CC(O)C1CCCCN1CCS(=O)(=O)C(C)C. The van der Waals surface area contributed by atoms with Gasteiger partial charge in [0.05, 0.1) is 17.1 Å². The van der Waals surface area contributed by atoms with Crippen LogP contribution in [0.5, 0.6) is 0 Å². The summed E-state index contributed by atoms with van der Waals surface area (Å²) < 4.78 is 23.5. The average Bonchev–Trinajstić information content (AvgIpc) is 2.26. The van der Waals surface area contributed by atoms with Crippen LogP contribution >= 0.6 is 0 Å². The molecule has 2 atom stereocenters. The van der Waals surface area contributed by atoms with Gasteiger partial charge in [0.2, 0.25) is 0 Å². The van der Waals surface area contributed by atoms with Crippen molar-refractivity contribution in [2.45, 2.75) is 57.4 Å². The lowest BCUT2D eigenvalue weighted by Gasteiger charge is -2.37. The molecule has 5 heteroatoms. The van der Waals surface area contributed by atoms with Gasteiger partial charge in [-0.1, -0.05) is 6.42 Å². The molecule has 0 aliphatic carbocycles. The standard InChI is InChI=1S/C12H25NO3S/c1-10(2)17(15,16)9-8-13-7-5-4-6-12(13)11(3)14/h10-12,14H,4-9H2,1-3H3. The lowest BCUT2D eigenvalue weighted by Crippen LogP contribution is -2.47. The number of sulfone groups is 1. The first kappa shape index (κ1) is 14.9. The van der Waals surface area contributed by atoms with Gasteiger partial charge in [-0.25, -0.2) is 8.42 Å². The minimum Gasteiger partial charge on any atom is -0.392 e. The molecule has 0 aromatic rings. The summed E-state index contributed by atoms with van der Waals surface area (Å²) in [5.74, 6) is 0.202. The molecule has 0 aromatic carbocycles. The van der Waals surface area contributed by atoms with Crippen molar-refractivity contribution in [2.75, 3.05) is 18.8 Å². The molecule has 1 rings (SSSR count). The Labute approximate surface area is 105 Å². The molecule has 1 saturated heterocycles. The Morgan fingerprint density at radius 1 is 1.29 bits per heavy atom. The van der Waals surface area contributed by atoms with E-state index in [1.165, 1.54) is 0 Å². The highest BCUT2D eigenvalue weighted by Gasteiger charge is 2.27. The van der Waals surface area contributed by atoms with Crippen molar-refractivity contribution in [3.8, 4) is 0 Å². The predicted molar refractivity (Wildman–Crippen MR) is 69.8 cm³/mol. The van der Waals surface area contributed by atoms with Crippen molar-refractivity contribution in [1.82, 2.24) is 4.90 Å². The summed E-state index contributed by atoms with van der Waals surface area (Å²) in [4.78, 5) is 2.13. The molecule has 1 heterocycles. The number of likely N-dealkylation sites (tertiary alicyclic amines) is 1. The first-order chi connectivity index (χ1) is 7.84. The lowest BCUT2D eigenvalue weighted by molar-refractivity contribution is 0.0403. The monoisotopic (exact) mass is 263 g/mol. The molecule has 1 aliphatic rings. The molecule has 0 spiro atoms. The second kappa shape index (κ2) is 6.16. The van der Waals surface area contributed by atoms with Crippen molar-refractivity contribution in [1.29, 1.82) is 0 Å². The Kier molecular flexibility index (Phi) is 5.41. The van der Waals surface area contributed by atoms with Gasteiger partial charge < -0.3 is 5.11 Å². The summed E-state index contributed by atoms with van der Waals surface area (Å²) in [6.07, 6.45) is 2.82. The van der Waals surface area contributed by atoms with Gasteiger partial charge in [-0.15, -0.1) is 0 Å². The largest absolute Gasteiger partial charge is 0.392 e. The molecule has 102 valence electrons. The molecule has 17 heavy (non-hydrogen) atoms. The molecule has 0 aromatic heterocycles. The highest BCUT2D eigenvalue weighted by atomic mass is 32.2. The zero-order valence-corrected chi connectivity index (χ0v) is 11.9. The van der Waals surface area contributed by atoms with Crippen LogP contribution in [-0.2, 0) is 9.84 Å². The zero-order chi connectivity index (χ0) is 13.1. The Hall–Kier alpha value is -0.130. The Bertz CT molecular complexity index is 325. The number of nitrogens with zero attached hydrogens (tertiary/aromatic N) is 1. The van der Waals surface area contributed by atoms with E-state index in [2.05, 4.69) is 4.90 Å². The molecule has 1 fully saturated rings. The van der Waals surface area contributed by atoms with Crippen LogP contribution in [0.2, 0.25) is 0 Å². The van der Waals surface area contributed by atoms with E-state index >= 15 is 0 Å². The van der Waals surface area contributed by atoms with E-state index in [0.29, 0.717) is 6.54 Å². The Morgan fingerprint density at radius 3 is 2.47 bits per heavy atom. The number of piperidine rings is 1. The normalized spacial score (nSPS) is 25.1. The van der Waals surface area contributed by atoms with E-state index in [1.54, 1.807) is 20.8 Å². The van der Waals surface area contributed by atoms with Gasteiger partial charge in [0.1, 0.15) is 0 Å². The minimum atomic E-state index is -2.97. The third-order valence-corrected chi connectivity index (χ3v) is 5.79. The van der Waals surface area contributed by atoms with Crippen molar-refractivity contribution in [3.05, 3.63) is 0 Å². The van der Waals surface area contributed by atoms with Gasteiger partial charge >= 0.3 is 0 Å². The summed E-state index contributed by atoms with van der Waals surface area (Å²) in [6.45, 7) is 6.69. The number of hydrogen-bond acceptors (Lipinski definition) is 4. The summed E-state index contributed by atoms with van der Waals surface area (Å²) in [5, 5.41) is 9.39. The van der Waals surface area contributed by atoms with E-state index < -0.39 is 9.84 Å². The maximum atomic E-state index is 11.8. The fourth-order valence-corrected chi connectivity index (χ4v) is 3.28. The van der Waals surface area contributed by atoms with Crippen molar-refractivity contribution >= 4 is 9.84 Å². The van der Waals surface area contributed by atoms with Crippen LogP contribution in [0.25, 0.3) is 0 Å². The predicted octanol–water partition coefficient (Wildman–Crippen LogP) is 1.04. The van der Waals surface area contributed by atoms with Crippen LogP contribution in [0.4, 0.5) is 0 Å². The third-order valence-electron chi connectivity index (χ3n) is 3.60. The van der Waals surface area contributed by atoms with Crippen molar-refractivity contribution < 1.29 is 13.5 Å². The molecular formula is C12H25NO3S. The smallest absolute Gasteiger partial charge is 0.153 e. The van der Waals surface area contributed by atoms with Crippen molar-refractivity contribution in [2.24, 2.45) is 0 Å². The van der Waals surface area contributed by atoms with E-state index in [9.17, 15) is 13.5 Å². The number of hydrogen-bond donors (Lipinski definition) is 1. The van der Waals surface area contributed by atoms with Crippen LogP contribution in [0.15, 0.2) is 0 Å². The maximum absolute atomic E-state index is 11.8. The highest BCUT2D eigenvalue weighted by Crippen LogP contribution is 2.19. The van der Waals surface area contributed by atoms with Gasteiger partial charge in [0.25, 0.3) is 0 Å². The Balaban J connectivity index is 2.55. The van der Waals surface area contributed by atoms with Gasteiger partial charge in [-0.3, -0.25) is 4.90 Å². The molecule has 1 aliphatic heterocycles. The van der Waals surface area contributed by atoms with E-state index in [-0.39, 0.29) is 23.1 Å². The van der Waals surface area contributed by atoms with E-state index in [4.69, 9.17) is 0 Å². The molecule has 1 N–H and O–H groups in total. The van der Waals surface area contributed by atoms with Crippen LogP contribution in [0.3, 0.4) is 0 Å². The van der Waals surface area contributed by atoms with E-state index in [1.807, 2.05) is 0 Å². The van der Waals surface area contributed by atoms with Crippen LogP contribution in [-0.4, -0.2) is 54.7 Å². The van der Waals surface area contributed by atoms with Gasteiger partial charge in [-0.05, 0) is 40.2 Å². The topological polar surface area (TPSA) is 57.6 Å². The van der Waals surface area contributed by atoms with Gasteiger partial charge in [-0.2, -0.15) is 0 Å². The average molecular weight is 263 g/mol. The van der Waals surface area contributed by atoms with Gasteiger partial charge in [0, 0.05) is 12.6 Å². The number of aliphatic hydroxyl groups is 1. The molecule has 0 radical (unpaired) electrons. The first-order valence-electron chi connectivity index (χ1n) is 6.48. The summed E-state index contributed by atoms with van der Waals surface area (Å²) in [7, 11) is -2.97. The van der Waals surface area contributed by atoms with Crippen LogP contribution < -0.4 is 0 Å². The second-order valence-corrected chi connectivity index (χ2v) is 7.93. The molecule has 0 saturated carbocycles. The molecule has 0 bridgehead atoms. The van der Waals surface area contributed by atoms with E-state index in [0.717, 1.165) is 25.8 Å².